The second-order valence-electron chi connectivity index (χ2n) is 6.02. The molecule has 1 amide bonds. The van der Waals surface area contributed by atoms with E-state index in [4.69, 9.17) is 16.3 Å². The SMILES string of the molecule is CC[C@H](Oc1ccc(Cl)cc1)C(=O)NC1CCCCCCC1. The average Bonchev–Trinajstić information content (AvgIpc) is 2.49. The number of halogens is 1. The first-order chi connectivity index (χ1) is 10.7. The average molecular weight is 324 g/mol. The van der Waals surface area contributed by atoms with Crippen LogP contribution in [-0.2, 0) is 4.79 Å². The minimum atomic E-state index is -0.438. The minimum Gasteiger partial charge on any atom is -0.481 e. The van der Waals surface area contributed by atoms with E-state index in [2.05, 4.69) is 5.32 Å². The van der Waals surface area contributed by atoms with Crippen LogP contribution in [0.5, 0.6) is 5.75 Å². The van der Waals surface area contributed by atoms with Crippen molar-refractivity contribution in [3.8, 4) is 5.75 Å². The largest absolute Gasteiger partial charge is 0.481 e. The number of hydrogen-bond acceptors (Lipinski definition) is 2. The van der Waals surface area contributed by atoms with Gasteiger partial charge in [-0.15, -0.1) is 0 Å². The molecule has 22 heavy (non-hydrogen) atoms. The Labute approximate surface area is 138 Å². The predicted molar refractivity (Wildman–Crippen MR) is 90.4 cm³/mol. The Hall–Kier alpha value is -1.22. The zero-order valence-electron chi connectivity index (χ0n) is 13.3. The Bertz CT molecular complexity index is 453. The highest BCUT2D eigenvalue weighted by Gasteiger charge is 2.22. The molecule has 1 atom stereocenters. The summed E-state index contributed by atoms with van der Waals surface area (Å²) in [5, 5.41) is 3.85. The van der Waals surface area contributed by atoms with Gasteiger partial charge in [0.15, 0.2) is 6.10 Å². The Morgan fingerprint density at radius 1 is 1.18 bits per heavy atom. The van der Waals surface area contributed by atoms with Crippen molar-refractivity contribution in [3.63, 3.8) is 0 Å². The van der Waals surface area contributed by atoms with E-state index in [0.29, 0.717) is 23.2 Å². The summed E-state index contributed by atoms with van der Waals surface area (Å²) in [4.78, 5) is 12.4. The monoisotopic (exact) mass is 323 g/mol. The van der Waals surface area contributed by atoms with E-state index in [1.54, 1.807) is 24.3 Å². The quantitative estimate of drug-likeness (QED) is 0.851. The van der Waals surface area contributed by atoms with Gasteiger partial charge >= 0.3 is 0 Å². The minimum absolute atomic E-state index is 0.00280. The van der Waals surface area contributed by atoms with Crippen LogP contribution in [0.15, 0.2) is 24.3 Å². The lowest BCUT2D eigenvalue weighted by Gasteiger charge is -2.24. The number of hydrogen-bond donors (Lipinski definition) is 1. The molecule has 1 aromatic carbocycles. The van der Waals surface area contributed by atoms with Crippen LogP contribution in [0.2, 0.25) is 5.02 Å². The molecule has 2 rings (SSSR count). The van der Waals surface area contributed by atoms with Gasteiger partial charge in [0.2, 0.25) is 0 Å². The highest BCUT2D eigenvalue weighted by molar-refractivity contribution is 6.30. The van der Waals surface area contributed by atoms with Gasteiger partial charge < -0.3 is 10.1 Å². The first-order valence-electron chi connectivity index (χ1n) is 8.41. The third-order valence-corrected chi connectivity index (χ3v) is 4.46. The summed E-state index contributed by atoms with van der Waals surface area (Å²) in [7, 11) is 0. The molecule has 3 nitrogen and oxygen atoms in total. The number of amides is 1. The van der Waals surface area contributed by atoms with E-state index >= 15 is 0 Å². The molecule has 0 aromatic heterocycles. The summed E-state index contributed by atoms with van der Waals surface area (Å²) in [6.45, 7) is 1.97. The predicted octanol–water partition coefficient (Wildman–Crippen LogP) is 4.73. The Morgan fingerprint density at radius 2 is 1.77 bits per heavy atom. The molecule has 0 radical (unpaired) electrons. The fourth-order valence-electron chi connectivity index (χ4n) is 2.89. The molecule has 1 saturated carbocycles. The van der Waals surface area contributed by atoms with Crippen LogP contribution in [-0.4, -0.2) is 18.1 Å². The van der Waals surface area contributed by atoms with Crippen molar-refractivity contribution in [1.29, 1.82) is 0 Å². The van der Waals surface area contributed by atoms with Crippen LogP contribution in [0.25, 0.3) is 0 Å². The van der Waals surface area contributed by atoms with Gasteiger partial charge in [0.05, 0.1) is 0 Å². The lowest BCUT2D eigenvalue weighted by atomic mass is 9.96. The van der Waals surface area contributed by atoms with Gasteiger partial charge in [0, 0.05) is 11.1 Å². The summed E-state index contributed by atoms with van der Waals surface area (Å²) < 4.78 is 5.81. The first kappa shape index (κ1) is 17.1. The van der Waals surface area contributed by atoms with Gasteiger partial charge in [0.25, 0.3) is 5.91 Å². The second-order valence-corrected chi connectivity index (χ2v) is 6.46. The molecule has 0 unspecified atom stereocenters. The van der Waals surface area contributed by atoms with Crippen molar-refractivity contribution < 1.29 is 9.53 Å². The van der Waals surface area contributed by atoms with Crippen LogP contribution >= 0.6 is 11.6 Å². The molecule has 1 aromatic rings. The highest BCUT2D eigenvalue weighted by Crippen LogP contribution is 2.19. The maximum Gasteiger partial charge on any atom is 0.261 e. The number of nitrogens with one attached hydrogen (secondary N) is 1. The van der Waals surface area contributed by atoms with Gasteiger partial charge in [-0.3, -0.25) is 4.79 Å². The van der Waals surface area contributed by atoms with Crippen molar-refractivity contribution in [3.05, 3.63) is 29.3 Å². The maximum absolute atomic E-state index is 12.4. The molecule has 1 aliphatic rings. The summed E-state index contributed by atoms with van der Waals surface area (Å²) >= 11 is 5.87. The molecule has 1 fully saturated rings. The van der Waals surface area contributed by atoms with Gasteiger partial charge in [-0.1, -0.05) is 50.6 Å². The Balaban J connectivity index is 1.88. The van der Waals surface area contributed by atoms with Crippen molar-refractivity contribution in [2.75, 3.05) is 0 Å². The van der Waals surface area contributed by atoms with E-state index in [-0.39, 0.29) is 5.91 Å². The summed E-state index contributed by atoms with van der Waals surface area (Å²) in [6.07, 6.45) is 8.70. The topological polar surface area (TPSA) is 38.3 Å². The van der Waals surface area contributed by atoms with Crippen LogP contribution in [0.1, 0.15) is 58.3 Å². The van der Waals surface area contributed by atoms with Crippen LogP contribution in [0, 0.1) is 0 Å². The molecule has 4 heteroatoms. The van der Waals surface area contributed by atoms with E-state index < -0.39 is 6.10 Å². The zero-order chi connectivity index (χ0) is 15.8. The van der Waals surface area contributed by atoms with Crippen molar-refractivity contribution in [2.24, 2.45) is 0 Å². The third-order valence-electron chi connectivity index (χ3n) is 4.21. The molecule has 0 bridgehead atoms. The van der Waals surface area contributed by atoms with Gasteiger partial charge in [-0.2, -0.15) is 0 Å². The fourth-order valence-corrected chi connectivity index (χ4v) is 3.02. The molecule has 0 heterocycles. The molecule has 0 saturated heterocycles. The fraction of sp³-hybridized carbons (Fsp3) is 0.611. The Morgan fingerprint density at radius 3 is 2.36 bits per heavy atom. The van der Waals surface area contributed by atoms with Crippen LogP contribution in [0.4, 0.5) is 0 Å². The molecule has 1 aliphatic carbocycles. The molecule has 122 valence electrons. The summed E-state index contributed by atoms with van der Waals surface area (Å²) in [5.41, 5.74) is 0. The molecule has 0 spiro atoms. The van der Waals surface area contributed by atoms with Crippen LogP contribution in [0.3, 0.4) is 0 Å². The number of carbonyl (C=O) groups is 1. The van der Waals surface area contributed by atoms with E-state index in [1.807, 2.05) is 6.92 Å². The van der Waals surface area contributed by atoms with Gasteiger partial charge in [-0.25, -0.2) is 0 Å². The van der Waals surface area contributed by atoms with Gasteiger partial charge in [0.1, 0.15) is 5.75 Å². The normalized spacial score (nSPS) is 18.1. The van der Waals surface area contributed by atoms with Crippen LogP contribution < -0.4 is 10.1 Å². The third kappa shape index (κ3) is 5.53. The molecular weight excluding hydrogens is 298 g/mol. The number of benzene rings is 1. The number of carbonyl (C=O) groups excluding carboxylic acids is 1. The lowest BCUT2D eigenvalue weighted by molar-refractivity contribution is -0.129. The van der Waals surface area contributed by atoms with E-state index in [9.17, 15) is 4.79 Å². The first-order valence-corrected chi connectivity index (χ1v) is 8.79. The molecule has 1 N–H and O–H groups in total. The van der Waals surface area contributed by atoms with Crippen molar-refractivity contribution in [2.45, 2.75) is 70.4 Å². The molecule has 0 aliphatic heterocycles. The smallest absolute Gasteiger partial charge is 0.261 e. The standard InChI is InChI=1S/C18H26ClNO2/c1-2-17(22-16-12-10-14(19)11-13-16)18(21)20-15-8-6-4-3-5-7-9-15/h10-13,15,17H,2-9H2,1H3,(H,20,21)/t17-/m0/s1. The summed E-state index contributed by atoms with van der Waals surface area (Å²) in [6, 6.07) is 7.45. The number of ether oxygens (including phenoxy) is 1. The second kappa shape index (κ2) is 9.04. The highest BCUT2D eigenvalue weighted by atomic mass is 35.5. The summed E-state index contributed by atoms with van der Waals surface area (Å²) in [5.74, 6) is 0.687. The lowest BCUT2D eigenvalue weighted by Crippen LogP contribution is -2.43. The Kier molecular flexibility index (Phi) is 7.04. The maximum atomic E-state index is 12.4. The zero-order valence-corrected chi connectivity index (χ0v) is 14.1. The van der Waals surface area contributed by atoms with E-state index in [0.717, 1.165) is 12.8 Å². The number of rotatable bonds is 5. The van der Waals surface area contributed by atoms with E-state index in [1.165, 1.54) is 32.1 Å². The molecular formula is C18H26ClNO2. The van der Waals surface area contributed by atoms with Crippen molar-refractivity contribution >= 4 is 17.5 Å². The van der Waals surface area contributed by atoms with Gasteiger partial charge in [-0.05, 0) is 43.5 Å². The van der Waals surface area contributed by atoms with Crippen molar-refractivity contribution in [1.82, 2.24) is 5.32 Å².